The number of benzene rings is 1. The van der Waals surface area contributed by atoms with Gasteiger partial charge in [0.2, 0.25) is 15.9 Å². The van der Waals surface area contributed by atoms with Crippen molar-refractivity contribution < 1.29 is 22.7 Å². The topological polar surface area (TPSA) is 97.8 Å². The number of thiazole rings is 1. The predicted octanol–water partition coefficient (Wildman–Crippen LogP) is 3.09. The molecule has 32 heavy (non-hydrogen) atoms. The number of nitrogens with zero attached hydrogens (tertiary/aromatic N) is 2. The van der Waals surface area contributed by atoms with Gasteiger partial charge in [-0.2, -0.15) is 4.31 Å². The lowest BCUT2D eigenvalue weighted by atomic mass is 9.84. The first-order valence-corrected chi connectivity index (χ1v) is 13.3. The minimum Gasteiger partial charge on any atom is -0.381 e. The highest BCUT2D eigenvalue weighted by Crippen LogP contribution is 2.32. The number of hydrogen-bond acceptors (Lipinski definition) is 7. The summed E-state index contributed by atoms with van der Waals surface area (Å²) in [5, 5.41) is 5.29. The molecule has 1 N–H and O–H groups in total. The molecule has 174 valence electrons. The Morgan fingerprint density at radius 1 is 1.12 bits per heavy atom. The summed E-state index contributed by atoms with van der Waals surface area (Å²) >= 11 is 1.38. The van der Waals surface area contributed by atoms with Crippen LogP contribution in [0.5, 0.6) is 0 Å². The van der Waals surface area contributed by atoms with E-state index < -0.39 is 10.0 Å². The Balaban J connectivity index is 1.54. The number of amides is 1. The first-order chi connectivity index (χ1) is 15.5. The Morgan fingerprint density at radius 3 is 2.59 bits per heavy atom. The second-order valence-electron chi connectivity index (χ2n) is 8.11. The summed E-state index contributed by atoms with van der Waals surface area (Å²) in [6, 6.07) is 6.77. The summed E-state index contributed by atoms with van der Waals surface area (Å²) in [6.45, 7) is 3.21. The van der Waals surface area contributed by atoms with Crippen molar-refractivity contribution in [3.8, 4) is 0 Å². The number of ether oxygens (including phenoxy) is 2. The molecule has 0 radical (unpaired) electrons. The molecule has 2 fully saturated rings. The normalized spacial score (nSPS) is 19.9. The maximum absolute atomic E-state index is 13.1. The van der Waals surface area contributed by atoms with E-state index in [-0.39, 0.29) is 16.7 Å². The molecule has 2 saturated heterocycles. The van der Waals surface area contributed by atoms with Crippen molar-refractivity contribution in [1.82, 2.24) is 9.29 Å². The summed E-state index contributed by atoms with van der Waals surface area (Å²) in [5.41, 5.74) is 0.809. The Labute approximate surface area is 193 Å². The van der Waals surface area contributed by atoms with Crippen molar-refractivity contribution in [3.63, 3.8) is 0 Å². The van der Waals surface area contributed by atoms with E-state index in [1.165, 1.54) is 15.6 Å². The molecule has 3 heterocycles. The molecular weight excluding hydrogens is 450 g/mol. The van der Waals surface area contributed by atoms with E-state index in [4.69, 9.17) is 9.47 Å². The monoisotopic (exact) mass is 479 g/mol. The first-order valence-electron chi connectivity index (χ1n) is 11.0. The fraction of sp³-hybridized carbons (Fsp3) is 0.545. The smallest absolute Gasteiger partial charge is 0.243 e. The molecule has 0 aliphatic carbocycles. The molecule has 1 amide bonds. The highest BCUT2D eigenvalue weighted by Gasteiger charge is 2.29. The van der Waals surface area contributed by atoms with Crippen molar-refractivity contribution >= 4 is 32.4 Å². The minimum atomic E-state index is -3.59. The van der Waals surface area contributed by atoms with Crippen LogP contribution in [0.1, 0.15) is 37.2 Å². The van der Waals surface area contributed by atoms with Crippen LogP contribution in [-0.2, 0) is 24.3 Å². The number of aromatic nitrogens is 1. The van der Waals surface area contributed by atoms with E-state index >= 15 is 0 Å². The average Bonchev–Trinajstić information content (AvgIpc) is 3.16. The van der Waals surface area contributed by atoms with Gasteiger partial charge in [-0.1, -0.05) is 12.1 Å². The number of nitrogens with one attached hydrogen (secondary N) is 1. The zero-order valence-electron chi connectivity index (χ0n) is 17.9. The summed E-state index contributed by atoms with van der Waals surface area (Å²) < 4.78 is 38.4. The van der Waals surface area contributed by atoms with Gasteiger partial charge >= 0.3 is 0 Å². The lowest BCUT2D eigenvalue weighted by Crippen LogP contribution is -2.33. The highest BCUT2D eigenvalue weighted by molar-refractivity contribution is 7.89. The molecular formula is C22H29N3O5S2. The van der Waals surface area contributed by atoms with Crippen LogP contribution in [0, 0.1) is 5.92 Å². The van der Waals surface area contributed by atoms with E-state index in [1.807, 2.05) is 5.38 Å². The van der Waals surface area contributed by atoms with Crippen LogP contribution in [0.4, 0.5) is 5.13 Å². The Bertz CT molecular complexity index is 966. The van der Waals surface area contributed by atoms with Crippen LogP contribution >= 0.6 is 11.3 Å². The molecule has 4 rings (SSSR count). The third-order valence-electron chi connectivity index (χ3n) is 5.99. The number of carbonyl (C=O) groups is 1. The summed E-state index contributed by atoms with van der Waals surface area (Å²) in [5.74, 6) is -0.117. The van der Waals surface area contributed by atoms with Crippen LogP contribution in [-0.4, -0.2) is 63.1 Å². The van der Waals surface area contributed by atoms with Crippen LogP contribution in [0.25, 0.3) is 0 Å². The quantitative estimate of drug-likeness (QED) is 0.655. The maximum Gasteiger partial charge on any atom is 0.243 e. The molecule has 1 aromatic carbocycles. The third kappa shape index (κ3) is 5.74. The van der Waals surface area contributed by atoms with Gasteiger partial charge in [0, 0.05) is 44.5 Å². The van der Waals surface area contributed by atoms with E-state index in [0.717, 1.165) is 18.4 Å². The Morgan fingerprint density at radius 2 is 1.88 bits per heavy atom. The zero-order valence-corrected chi connectivity index (χ0v) is 19.6. The maximum atomic E-state index is 13.1. The number of anilines is 1. The van der Waals surface area contributed by atoms with Gasteiger partial charge in [-0.15, -0.1) is 11.3 Å². The van der Waals surface area contributed by atoms with E-state index in [9.17, 15) is 13.2 Å². The second kappa shape index (κ2) is 10.8. The number of sulfonamides is 1. The van der Waals surface area contributed by atoms with E-state index in [2.05, 4.69) is 10.3 Å². The molecule has 10 heteroatoms. The van der Waals surface area contributed by atoms with Crippen molar-refractivity contribution in [3.05, 3.63) is 41.4 Å². The van der Waals surface area contributed by atoms with Gasteiger partial charge in [0.15, 0.2) is 5.13 Å². The fourth-order valence-corrected chi connectivity index (χ4v) is 6.17. The van der Waals surface area contributed by atoms with Crippen molar-refractivity contribution in [2.45, 2.75) is 36.5 Å². The molecule has 2 aliphatic rings. The Kier molecular flexibility index (Phi) is 7.90. The lowest BCUT2D eigenvalue weighted by molar-refractivity contribution is -0.118. The molecule has 1 atom stereocenters. The summed E-state index contributed by atoms with van der Waals surface area (Å²) in [4.78, 5) is 17.5. The number of carbonyl (C=O) groups excluding carboxylic acids is 1. The minimum absolute atomic E-state index is 0.119. The molecule has 0 saturated carbocycles. The van der Waals surface area contributed by atoms with Gasteiger partial charge in [-0.05, 0) is 49.3 Å². The SMILES string of the molecule is O=C(Nc1nccs1)C(CC1CCOCC1)c1ccc(S(=O)(=O)N2CCCOCC2)cc1. The molecule has 0 bridgehead atoms. The van der Waals surface area contributed by atoms with Crippen LogP contribution in [0.3, 0.4) is 0 Å². The largest absolute Gasteiger partial charge is 0.381 e. The third-order valence-corrected chi connectivity index (χ3v) is 8.59. The summed E-state index contributed by atoms with van der Waals surface area (Å²) in [7, 11) is -3.59. The van der Waals surface area contributed by atoms with Crippen molar-refractivity contribution in [2.75, 3.05) is 44.8 Å². The molecule has 8 nitrogen and oxygen atoms in total. The molecule has 2 aromatic rings. The highest BCUT2D eigenvalue weighted by atomic mass is 32.2. The van der Waals surface area contributed by atoms with Crippen LogP contribution in [0.15, 0.2) is 40.7 Å². The first kappa shape index (κ1) is 23.3. The second-order valence-corrected chi connectivity index (χ2v) is 10.9. The molecule has 1 unspecified atom stereocenters. The summed E-state index contributed by atoms with van der Waals surface area (Å²) in [6.07, 6.45) is 4.87. The van der Waals surface area contributed by atoms with Crippen molar-refractivity contribution in [1.29, 1.82) is 0 Å². The van der Waals surface area contributed by atoms with Crippen molar-refractivity contribution in [2.24, 2.45) is 5.92 Å². The van der Waals surface area contributed by atoms with Crippen LogP contribution in [0.2, 0.25) is 0 Å². The van der Waals surface area contributed by atoms with Gasteiger partial charge in [0.25, 0.3) is 0 Å². The zero-order chi connectivity index (χ0) is 22.4. The molecule has 0 spiro atoms. The number of rotatable bonds is 7. The predicted molar refractivity (Wildman–Crippen MR) is 122 cm³/mol. The van der Waals surface area contributed by atoms with Gasteiger partial charge in [0.1, 0.15) is 0 Å². The molecule has 2 aliphatic heterocycles. The lowest BCUT2D eigenvalue weighted by Gasteiger charge is -2.26. The average molecular weight is 480 g/mol. The standard InChI is InChI=1S/C22H29N3O5S2/c26-21(24-22-23-8-15-31-22)20(16-17-6-12-30-13-7-17)18-2-4-19(5-3-18)32(27,28)25-9-1-11-29-14-10-25/h2-5,8,15,17,20H,1,6-7,9-14,16H2,(H,23,24,26). The van der Waals surface area contributed by atoms with Crippen LogP contribution < -0.4 is 5.32 Å². The van der Waals surface area contributed by atoms with Gasteiger partial charge < -0.3 is 14.8 Å². The van der Waals surface area contributed by atoms with Gasteiger partial charge in [-0.25, -0.2) is 13.4 Å². The van der Waals surface area contributed by atoms with Gasteiger partial charge in [0.05, 0.1) is 17.4 Å². The fourth-order valence-electron chi connectivity index (χ4n) is 4.17. The van der Waals surface area contributed by atoms with E-state index in [0.29, 0.717) is 63.4 Å². The number of hydrogen-bond donors (Lipinski definition) is 1. The van der Waals surface area contributed by atoms with Gasteiger partial charge in [-0.3, -0.25) is 4.79 Å². The molecule has 1 aromatic heterocycles. The van der Waals surface area contributed by atoms with E-state index in [1.54, 1.807) is 30.5 Å². The Hall–Kier alpha value is -1.85.